The number of halogens is 2. The Morgan fingerprint density at radius 3 is 2.23 bits per heavy atom. The molecular formula is C26H28F2N4O3. The van der Waals surface area contributed by atoms with Crippen LogP contribution in [0.5, 0.6) is 5.75 Å². The molecular weight excluding hydrogens is 454 g/mol. The molecule has 1 fully saturated rings. The van der Waals surface area contributed by atoms with Crippen molar-refractivity contribution < 1.29 is 23.1 Å². The molecule has 3 aromatic rings. The molecule has 0 atom stereocenters. The molecule has 1 aliphatic heterocycles. The third-order valence-electron chi connectivity index (χ3n) is 6.20. The number of piperazine rings is 1. The van der Waals surface area contributed by atoms with Gasteiger partial charge in [-0.3, -0.25) is 4.79 Å². The fourth-order valence-electron chi connectivity index (χ4n) is 4.32. The predicted molar refractivity (Wildman–Crippen MR) is 129 cm³/mol. The van der Waals surface area contributed by atoms with E-state index in [0.29, 0.717) is 55.4 Å². The summed E-state index contributed by atoms with van der Waals surface area (Å²) >= 11 is 0. The first-order valence-corrected chi connectivity index (χ1v) is 11.5. The van der Waals surface area contributed by atoms with Crippen molar-refractivity contribution in [2.45, 2.75) is 13.8 Å². The number of hydrogen-bond acceptors (Lipinski definition) is 3. The number of aromatic nitrogens is 1. The average molecular weight is 483 g/mol. The number of nitrogens with one attached hydrogen (secondary N) is 1. The lowest BCUT2D eigenvalue weighted by molar-refractivity contribution is 0.0664. The van der Waals surface area contributed by atoms with E-state index in [4.69, 9.17) is 4.74 Å². The van der Waals surface area contributed by atoms with Gasteiger partial charge in [-0.05, 0) is 61.9 Å². The van der Waals surface area contributed by atoms with Crippen LogP contribution in [0.1, 0.15) is 23.0 Å². The van der Waals surface area contributed by atoms with Gasteiger partial charge in [-0.2, -0.15) is 0 Å². The molecule has 0 radical (unpaired) electrons. The Morgan fingerprint density at radius 1 is 0.971 bits per heavy atom. The Labute approximate surface area is 202 Å². The first kappa shape index (κ1) is 24.3. The van der Waals surface area contributed by atoms with E-state index in [1.165, 1.54) is 12.1 Å². The summed E-state index contributed by atoms with van der Waals surface area (Å²) in [6, 6.07) is 12.2. The monoisotopic (exact) mass is 482 g/mol. The van der Waals surface area contributed by atoms with Crippen LogP contribution in [-0.4, -0.2) is 66.1 Å². The van der Waals surface area contributed by atoms with Crippen LogP contribution in [0.3, 0.4) is 0 Å². The number of benzene rings is 2. The number of amides is 3. The summed E-state index contributed by atoms with van der Waals surface area (Å²) in [4.78, 5) is 29.0. The summed E-state index contributed by atoms with van der Waals surface area (Å²) in [7, 11) is 1.57. The van der Waals surface area contributed by atoms with E-state index in [2.05, 4.69) is 5.32 Å². The van der Waals surface area contributed by atoms with Gasteiger partial charge in [0.05, 0.1) is 24.1 Å². The fourth-order valence-corrected chi connectivity index (χ4v) is 4.32. The smallest absolute Gasteiger partial charge is 0.317 e. The average Bonchev–Trinajstić information content (AvgIpc) is 3.20. The molecule has 1 N–H and O–H groups in total. The van der Waals surface area contributed by atoms with Crippen LogP contribution in [0.25, 0.3) is 16.9 Å². The van der Waals surface area contributed by atoms with Crippen LogP contribution in [0.4, 0.5) is 13.6 Å². The summed E-state index contributed by atoms with van der Waals surface area (Å²) in [5.41, 5.74) is 2.45. The fraction of sp³-hybridized carbons (Fsp3) is 0.308. The highest BCUT2D eigenvalue weighted by atomic mass is 19.1. The lowest BCUT2D eigenvalue weighted by Crippen LogP contribution is -2.53. The molecule has 9 heteroatoms. The quantitative estimate of drug-likeness (QED) is 0.592. The van der Waals surface area contributed by atoms with Gasteiger partial charge in [0.2, 0.25) is 0 Å². The Morgan fingerprint density at radius 2 is 1.63 bits per heavy atom. The van der Waals surface area contributed by atoms with Crippen LogP contribution in [0, 0.1) is 18.6 Å². The Kier molecular flexibility index (Phi) is 7.04. The van der Waals surface area contributed by atoms with Crippen molar-refractivity contribution in [2.75, 3.05) is 39.8 Å². The summed E-state index contributed by atoms with van der Waals surface area (Å²) in [5, 5.41) is 2.77. The van der Waals surface area contributed by atoms with E-state index in [1.54, 1.807) is 46.6 Å². The zero-order valence-corrected chi connectivity index (χ0v) is 20.0. The van der Waals surface area contributed by atoms with Gasteiger partial charge in [-0.15, -0.1) is 0 Å². The van der Waals surface area contributed by atoms with Crippen LogP contribution in [0.2, 0.25) is 0 Å². The summed E-state index contributed by atoms with van der Waals surface area (Å²) < 4.78 is 35.4. The van der Waals surface area contributed by atoms with E-state index < -0.39 is 11.6 Å². The molecule has 35 heavy (non-hydrogen) atoms. The largest absolute Gasteiger partial charge is 0.497 e. The van der Waals surface area contributed by atoms with Gasteiger partial charge in [-0.25, -0.2) is 13.6 Å². The number of hydrogen-bond donors (Lipinski definition) is 1. The molecule has 2 heterocycles. The highest BCUT2D eigenvalue weighted by molar-refractivity contribution is 5.97. The molecule has 1 aliphatic rings. The van der Waals surface area contributed by atoms with E-state index in [1.807, 2.05) is 19.1 Å². The minimum atomic E-state index is -0.729. The van der Waals surface area contributed by atoms with E-state index in [-0.39, 0.29) is 17.6 Å². The SMILES string of the molecule is CCNC(=O)N1CCN(C(=O)c2cc(-c3ccc(OC)cc3)n(-c3ccc(F)cc3F)c2C)CC1. The molecule has 2 aromatic carbocycles. The van der Waals surface area contributed by atoms with Gasteiger partial charge in [0.15, 0.2) is 0 Å². The van der Waals surface area contributed by atoms with Crippen molar-refractivity contribution in [3.05, 3.63) is 71.4 Å². The number of nitrogens with zero attached hydrogens (tertiary/aromatic N) is 3. The number of methoxy groups -OCH3 is 1. The maximum Gasteiger partial charge on any atom is 0.317 e. The molecule has 0 unspecified atom stereocenters. The highest BCUT2D eigenvalue weighted by Gasteiger charge is 2.28. The van der Waals surface area contributed by atoms with E-state index in [0.717, 1.165) is 11.6 Å². The molecule has 0 saturated carbocycles. The van der Waals surface area contributed by atoms with Crippen molar-refractivity contribution in [1.82, 2.24) is 19.7 Å². The first-order chi connectivity index (χ1) is 16.8. The van der Waals surface area contributed by atoms with Gasteiger partial charge < -0.3 is 24.4 Å². The minimum Gasteiger partial charge on any atom is -0.497 e. The molecule has 4 rings (SSSR count). The second kappa shape index (κ2) is 10.2. The molecule has 7 nitrogen and oxygen atoms in total. The Hall–Kier alpha value is -3.88. The van der Waals surface area contributed by atoms with Crippen LogP contribution in [0.15, 0.2) is 48.5 Å². The van der Waals surface area contributed by atoms with Crippen molar-refractivity contribution in [1.29, 1.82) is 0 Å². The van der Waals surface area contributed by atoms with E-state index in [9.17, 15) is 18.4 Å². The lowest BCUT2D eigenvalue weighted by Gasteiger charge is -2.34. The number of carbonyl (C=O) groups excluding carboxylic acids is 2. The summed E-state index contributed by atoms with van der Waals surface area (Å²) in [6.07, 6.45) is 0. The summed E-state index contributed by atoms with van der Waals surface area (Å²) in [6.45, 7) is 5.78. The van der Waals surface area contributed by atoms with E-state index >= 15 is 0 Å². The molecule has 0 aliphatic carbocycles. The van der Waals surface area contributed by atoms with Gasteiger partial charge in [0.25, 0.3) is 5.91 Å². The standard InChI is InChI=1S/C26H28F2N4O3/c1-4-29-26(34)31-13-11-30(12-14-31)25(33)21-16-24(18-5-8-20(35-3)9-6-18)32(17(21)2)23-10-7-19(27)15-22(23)28/h5-10,15-16H,4,11-14H2,1-3H3,(H,29,34). The molecule has 3 amide bonds. The minimum absolute atomic E-state index is 0.143. The van der Waals surface area contributed by atoms with Crippen LogP contribution >= 0.6 is 0 Å². The van der Waals surface area contributed by atoms with Crippen LogP contribution in [-0.2, 0) is 0 Å². The normalized spacial score (nSPS) is 13.6. The third kappa shape index (κ3) is 4.84. The second-order valence-electron chi connectivity index (χ2n) is 8.30. The molecule has 1 aromatic heterocycles. The van der Waals surface area contributed by atoms with Crippen molar-refractivity contribution >= 4 is 11.9 Å². The van der Waals surface area contributed by atoms with Crippen LogP contribution < -0.4 is 10.1 Å². The van der Waals surface area contributed by atoms with Gasteiger partial charge in [0.1, 0.15) is 17.4 Å². The van der Waals surface area contributed by atoms with Crippen molar-refractivity contribution in [2.24, 2.45) is 0 Å². The van der Waals surface area contributed by atoms with Gasteiger partial charge in [-0.1, -0.05) is 0 Å². The Bertz CT molecular complexity index is 1230. The zero-order chi connectivity index (χ0) is 25.1. The number of urea groups is 1. The highest BCUT2D eigenvalue weighted by Crippen LogP contribution is 2.32. The van der Waals surface area contributed by atoms with Gasteiger partial charge >= 0.3 is 6.03 Å². The zero-order valence-electron chi connectivity index (χ0n) is 20.0. The lowest BCUT2D eigenvalue weighted by atomic mass is 10.1. The van der Waals surface area contributed by atoms with Crippen molar-refractivity contribution in [3.8, 4) is 22.7 Å². The molecule has 0 bridgehead atoms. The molecule has 0 spiro atoms. The third-order valence-corrected chi connectivity index (χ3v) is 6.20. The number of carbonyl (C=O) groups is 2. The first-order valence-electron chi connectivity index (χ1n) is 11.5. The molecule has 184 valence electrons. The van der Waals surface area contributed by atoms with Gasteiger partial charge in [0, 0.05) is 44.5 Å². The summed E-state index contributed by atoms with van der Waals surface area (Å²) in [5.74, 6) is -0.941. The number of ether oxygens (including phenoxy) is 1. The maximum absolute atomic E-state index is 14.9. The molecule has 1 saturated heterocycles. The van der Waals surface area contributed by atoms with Crippen molar-refractivity contribution in [3.63, 3.8) is 0 Å². The topological polar surface area (TPSA) is 66.8 Å². The predicted octanol–water partition coefficient (Wildman–Crippen LogP) is 4.23. The maximum atomic E-state index is 14.9. The Balaban J connectivity index is 1.71. The number of rotatable bonds is 5. The second-order valence-corrected chi connectivity index (χ2v) is 8.30.